The molecule has 31 heavy (non-hydrogen) atoms. The number of ether oxygens (including phenoxy) is 1. The fourth-order valence-electron chi connectivity index (χ4n) is 3.59. The quantitative estimate of drug-likeness (QED) is 0.268. The number of hydrogen-bond acceptors (Lipinski definition) is 5. The Morgan fingerprint density at radius 3 is 2.65 bits per heavy atom. The molecule has 1 aliphatic heterocycles. The molecular formula is C25H33N2O2S2+. The van der Waals surface area contributed by atoms with Gasteiger partial charge in [0.15, 0.2) is 6.20 Å². The van der Waals surface area contributed by atoms with Crippen molar-refractivity contribution >= 4 is 45.4 Å². The van der Waals surface area contributed by atoms with Gasteiger partial charge in [-0.05, 0) is 50.1 Å². The largest absolute Gasteiger partial charge is 0.461 e. The van der Waals surface area contributed by atoms with Gasteiger partial charge < -0.3 is 9.64 Å². The lowest BCUT2D eigenvalue weighted by Gasteiger charge is -2.20. The summed E-state index contributed by atoms with van der Waals surface area (Å²) in [5.74, 6) is 1.91. The third kappa shape index (κ3) is 7.62. The first-order chi connectivity index (χ1) is 15.2. The van der Waals surface area contributed by atoms with Crippen molar-refractivity contribution in [3.05, 3.63) is 59.9 Å². The van der Waals surface area contributed by atoms with Crippen LogP contribution >= 0.6 is 21.6 Å². The summed E-state index contributed by atoms with van der Waals surface area (Å²) in [6.07, 6.45) is 8.67. The van der Waals surface area contributed by atoms with E-state index in [1.807, 2.05) is 22.9 Å². The fraction of sp³-hybridized carbons (Fsp3) is 0.440. The third-order valence-electron chi connectivity index (χ3n) is 5.38. The van der Waals surface area contributed by atoms with Crippen molar-refractivity contribution < 1.29 is 14.1 Å². The second kappa shape index (κ2) is 12.8. The summed E-state index contributed by atoms with van der Waals surface area (Å²) in [7, 11) is 3.66. The van der Waals surface area contributed by atoms with E-state index in [1.165, 1.54) is 11.3 Å². The smallest absolute Gasteiger partial charge is 0.306 e. The van der Waals surface area contributed by atoms with Gasteiger partial charge in [0.2, 0.25) is 5.69 Å². The predicted molar refractivity (Wildman–Crippen MR) is 134 cm³/mol. The van der Waals surface area contributed by atoms with E-state index in [9.17, 15) is 4.79 Å². The number of benzene rings is 1. The molecule has 1 aromatic heterocycles. The molecule has 6 heteroatoms. The van der Waals surface area contributed by atoms with E-state index in [4.69, 9.17) is 4.74 Å². The lowest BCUT2D eigenvalue weighted by atomic mass is 10.1. The summed E-state index contributed by atoms with van der Waals surface area (Å²) in [6, 6.07) is 14.9. The van der Waals surface area contributed by atoms with Gasteiger partial charge >= 0.3 is 5.97 Å². The topological polar surface area (TPSA) is 33.4 Å². The van der Waals surface area contributed by atoms with Crippen molar-refractivity contribution in [1.82, 2.24) is 0 Å². The van der Waals surface area contributed by atoms with Crippen LogP contribution < -0.4 is 9.47 Å². The maximum absolute atomic E-state index is 12.2. The molecule has 1 unspecified atom stereocenters. The predicted octanol–water partition coefficient (Wildman–Crippen LogP) is 5.47. The van der Waals surface area contributed by atoms with Crippen molar-refractivity contribution in [2.45, 2.75) is 45.8 Å². The summed E-state index contributed by atoms with van der Waals surface area (Å²) >= 11 is 0. The van der Waals surface area contributed by atoms with Crippen molar-refractivity contribution in [2.75, 3.05) is 29.5 Å². The Labute approximate surface area is 194 Å². The van der Waals surface area contributed by atoms with Gasteiger partial charge in [-0.2, -0.15) is 4.57 Å². The summed E-state index contributed by atoms with van der Waals surface area (Å²) in [6.45, 7) is 7.19. The number of aryl methyl sites for hydroxylation is 1. The van der Waals surface area contributed by atoms with Crippen LogP contribution in [0.5, 0.6) is 0 Å². The zero-order valence-electron chi connectivity index (χ0n) is 18.5. The Morgan fingerprint density at radius 1 is 1.13 bits per heavy atom. The molecule has 0 spiro atoms. The molecule has 1 aromatic carbocycles. The van der Waals surface area contributed by atoms with E-state index < -0.39 is 0 Å². The van der Waals surface area contributed by atoms with Crippen LogP contribution in [0.2, 0.25) is 0 Å². The highest BCUT2D eigenvalue weighted by Gasteiger charge is 2.19. The standard InChI is InChI=1S/C25H33N2O2S2/c1-3-26(4-2)23-14-11-21(12-15-23)10-13-22-8-5-6-17-27(22)18-7-9-25(28)29-24-16-19-30-31-20-24/h5-6,8,10-15,17,24H,3-4,7,9,16,18-20H2,1-2H3/q+1. The van der Waals surface area contributed by atoms with Gasteiger partial charge in [0.1, 0.15) is 12.6 Å². The Kier molecular flexibility index (Phi) is 9.82. The zero-order chi connectivity index (χ0) is 21.9. The summed E-state index contributed by atoms with van der Waals surface area (Å²) in [4.78, 5) is 14.5. The molecule has 1 saturated heterocycles. The number of hydrogen-bond donors (Lipinski definition) is 0. The second-order valence-corrected chi connectivity index (χ2v) is 10.2. The molecule has 0 saturated carbocycles. The fourth-order valence-corrected chi connectivity index (χ4v) is 5.93. The van der Waals surface area contributed by atoms with Crippen LogP contribution in [-0.2, 0) is 16.1 Å². The Bertz CT molecular complexity index is 845. The van der Waals surface area contributed by atoms with Crippen molar-refractivity contribution in [3.63, 3.8) is 0 Å². The van der Waals surface area contributed by atoms with Gasteiger partial charge in [-0.25, -0.2) is 0 Å². The number of pyridine rings is 1. The minimum atomic E-state index is -0.0700. The minimum Gasteiger partial charge on any atom is -0.461 e. The molecule has 166 valence electrons. The van der Waals surface area contributed by atoms with Crippen molar-refractivity contribution in [1.29, 1.82) is 0 Å². The minimum absolute atomic E-state index is 0.0700. The van der Waals surface area contributed by atoms with Gasteiger partial charge in [0.05, 0.1) is 6.42 Å². The number of aromatic nitrogens is 1. The van der Waals surface area contributed by atoms with Crippen LogP contribution in [0.3, 0.4) is 0 Å². The number of carbonyl (C=O) groups excluding carboxylic acids is 1. The number of esters is 1. The van der Waals surface area contributed by atoms with Gasteiger partial charge in [-0.3, -0.25) is 4.79 Å². The monoisotopic (exact) mass is 457 g/mol. The molecule has 2 aromatic rings. The highest BCUT2D eigenvalue weighted by atomic mass is 33.1. The van der Waals surface area contributed by atoms with E-state index >= 15 is 0 Å². The van der Waals surface area contributed by atoms with Gasteiger partial charge in [0.25, 0.3) is 0 Å². The SMILES string of the molecule is CCN(CC)c1ccc(/C=C/c2cccc[n+]2CCCC(=O)OC2CCSSC2)cc1. The van der Waals surface area contributed by atoms with E-state index in [-0.39, 0.29) is 12.1 Å². The van der Waals surface area contributed by atoms with Crippen LogP contribution in [0.4, 0.5) is 5.69 Å². The molecule has 3 rings (SSSR count). The molecule has 0 N–H and O–H groups in total. The molecule has 2 heterocycles. The number of carbonyl (C=O) groups is 1. The van der Waals surface area contributed by atoms with E-state index in [1.54, 1.807) is 10.8 Å². The van der Waals surface area contributed by atoms with Gasteiger partial charge in [-0.1, -0.05) is 33.7 Å². The van der Waals surface area contributed by atoms with Crippen molar-refractivity contribution in [3.8, 4) is 0 Å². The van der Waals surface area contributed by atoms with Crippen LogP contribution in [-0.4, -0.2) is 36.7 Å². The lowest BCUT2D eigenvalue weighted by molar-refractivity contribution is -0.698. The van der Waals surface area contributed by atoms with Gasteiger partial charge in [0, 0.05) is 54.9 Å². The molecule has 1 fully saturated rings. The summed E-state index contributed by atoms with van der Waals surface area (Å²) in [5.41, 5.74) is 3.57. The molecule has 0 bridgehead atoms. The van der Waals surface area contributed by atoms with Crippen LogP contribution in [0.25, 0.3) is 12.2 Å². The molecule has 1 aliphatic rings. The first kappa shape index (κ1) is 23.7. The Morgan fingerprint density at radius 2 is 1.94 bits per heavy atom. The maximum Gasteiger partial charge on any atom is 0.306 e. The van der Waals surface area contributed by atoms with E-state index in [2.05, 4.69) is 72.0 Å². The van der Waals surface area contributed by atoms with Gasteiger partial charge in [-0.15, -0.1) is 0 Å². The first-order valence-corrected chi connectivity index (χ1v) is 13.6. The number of rotatable bonds is 10. The average Bonchev–Trinajstić information content (AvgIpc) is 2.81. The molecule has 0 aliphatic carbocycles. The Hall–Kier alpha value is -1.92. The summed E-state index contributed by atoms with van der Waals surface area (Å²) in [5, 5.41) is 0. The first-order valence-electron chi connectivity index (χ1n) is 11.1. The molecular weight excluding hydrogens is 424 g/mol. The molecule has 0 radical (unpaired) electrons. The van der Waals surface area contributed by atoms with Crippen molar-refractivity contribution in [2.24, 2.45) is 0 Å². The normalized spacial score (nSPS) is 16.4. The highest BCUT2D eigenvalue weighted by molar-refractivity contribution is 8.76. The maximum atomic E-state index is 12.2. The molecule has 1 atom stereocenters. The summed E-state index contributed by atoms with van der Waals surface area (Å²) < 4.78 is 7.80. The zero-order valence-corrected chi connectivity index (χ0v) is 20.2. The molecule has 0 amide bonds. The third-order valence-corrected chi connectivity index (χ3v) is 7.87. The van der Waals surface area contributed by atoms with E-state index in [0.717, 1.165) is 49.7 Å². The van der Waals surface area contributed by atoms with Crippen LogP contribution in [0, 0.1) is 0 Å². The second-order valence-electron chi connectivity index (χ2n) is 7.53. The van der Waals surface area contributed by atoms with Crippen LogP contribution in [0.1, 0.15) is 44.4 Å². The van der Waals surface area contributed by atoms with E-state index in [0.29, 0.717) is 6.42 Å². The van der Waals surface area contributed by atoms with Crippen LogP contribution in [0.15, 0.2) is 48.7 Å². The Balaban J connectivity index is 1.53. The average molecular weight is 458 g/mol. The lowest BCUT2D eigenvalue weighted by Crippen LogP contribution is -2.36. The number of anilines is 1. The number of nitrogens with zero attached hydrogens (tertiary/aromatic N) is 2. The highest BCUT2D eigenvalue weighted by Crippen LogP contribution is 2.30. The molecule has 4 nitrogen and oxygen atoms in total.